The molecule has 6 rings (SSSR count). The lowest BCUT2D eigenvalue weighted by Crippen LogP contribution is -2.30. The molecule has 1 aromatic heterocycles. The number of hydrogen-bond donors (Lipinski definition) is 2. The normalized spacial score (nSPS) is 19.6. The zero-order valence-corrected chi connectivity index (χ0v) is 18.2. The first-order valence-electron chi connectivity index (χ1n) is 11.5. The summed E-state index contributed by atoms with van der Waals surface area (Å²) in [5, 5.41) is 9.73. The van der Waals surface area contributed by atoms with E-state index in [0.29, 0.717) is 30.5 Å². The molecule has 2 N–H and O–H groups in total. The van der Waals surface area contributed by atoms with E-state index in [-0.39, 0.29) is 17.5 Å². The Bertz CT molecular complexity index is 1300. The molecule has 2 amide bonds. The third kappa shape index (κ3) is 3.75. The highest BCUT2D eigenvalue weighted by Gasteiger charge is 2.37. The van der Waals surface area contributed by atoms with Crippen LogP contribution >= 0.6 is 0 Å². The average Bonchev–Trinajstić information content (AvgIpc) is 3.28. The van der Waals surface area contributed by atoms with Gasteiger partial charge in [-0.15, -0.1) is 0 Å². The van der Waals surface area contributed by atoms with Crippen LogP contribution in [0.2, 0.25) is 0 Å². The molecular weight excluding hydrogens is 418 g/mol. The number of nitrogens with zero attached hydrogens (tertiary/aromatic N) is 3. The number of H-pyrrole nitrogens is 1. The van der Waals surface area contributed by atoms with Gasteiger partial charge < -0.3 is 10.2 Å². The summed E-state index contributed by atoms with van der Waals surface area (Å²) < 4.78 is 1.63. The lowest BCUT2D eigenvalue weighted by Gasteiger charge is -2.16. The second-order valence-electron chi connectivity index (χ2n) is 9.34. The van der Waals surface area contributed by atoms with Crippen LogP contribution in [-0.2, 0) is 22.4 Å². The molecule has 2 aliphatic heterocycles. The third-order valence-corrected chi connectivity index (χ3v) is 6.93. The van der Waals surface area contributed by atoms with Crippen LogP contribution in [0.1, 0.15) is 30.7 Å². The summed E-state index contributed by atoms with van der Waals surface area (Å²) >= 11 is 0. The summed E-state index contributed by atoms with van der Waals surface area (Å²) in [7, 11) is 0. The van der Waals surface area contributed by atoms with Crippen molar-refractivity contribution in [3.05, 3.63) is 64.3 Å². The van der Waals surface area contributed by atoms with Crippen LogP contribution in [0.15, 0.2) is 47.3 Å². The van der Waals surface area contributed by atoms with E-state index in [0.717, 1.165) is 60.4 Å². The van der Waals surface area contributed by atoms with Gasteiger partial charge in [0.25, 0.3) is 0 Å². The molecule has 0 bridgehead atoms. The third-order valence-electron chi connectivity index (χ3n) is 6.93. The Labute approximate surface area is 190 Å². The lowest BCUT2D eigenvalue weighted by molar-refractivity contribution is -0.131. The van der Waals surface area contributed by atoms with E-state index in [2.05, 4.69) is 15.5 Å². The van der Waals surface area contributed by atoms with Gasteiger partial charge in [0.15, 0.2) is 0 Å². The average molecular weight is 444 g/mol. The highest BCUT2D eigenvalue weighted by atomic mass is 16.2. The second-order valence-corrected chi connectivity index (χ2v) is 9.34. The van der Waals surface area contributed by atoms with Crippen LogP contribution < -0.4 is 11.0 Å². The van der Waals surface area contributed by atoms with E-state index in [1.54, 1.807) is 4.57 Å². The fraction of sp³-hybridized carbons (Fsp3) is 0.360. The number of anilines is 1. The molecule has 3 aromatic rings. The van der Waals surface area contributed by atoms with Gasteiger partial charge in [0.05, 0.1) is 12.1 Å². The molecule has 33 heavy (non-hydrogen) atoms. The molecule has 3 aliphatic rings. The lowest BCUT2D eigenvalue weighted by atomic mass is 10.0. The van der Waals surface area contributed by atoms with Gasteiger partial charge >= 0.3 is 5.69 Å². The molecule has 2 fully saturated rings. The van der Waals surface area contributed by atoms with Crippen LogP contribution in [0, 0.1) is 11.8 Å². The van der Waals surface area contributed by atoms with Gasteiger partial charge in [-0.2, -0.15) is 5.10 Å². The van der Waals surface area contributed by atoms with Gasteiger partial charge in [-0.1, -0.05) is 18.2 Å². The van der Waals surface area contributed by atoms with Crippen LogP contribution in [0.5, 0.6) is 0 Å². The monoisotopic (exact) mass is 443 g/mol. The summed E-state index contributed by atoms with van der Waals surface area (Å²) in [4.78, 5) is 38.5. The molecule has 0 spiro atoms. The zero-order valence-electron chi connectivity index (χ0n) is 18.2. The molecule has 168 valence electrons. The topological polar surface area (TPSA) is 100 Å². The van der Waals surface area contributed by atoms with E-state index in [1.165, 1.54) is 0 Å². The minimum absolute atomic E-state index is 0.0200. The molecule has 1 saturated heterocycles. The van der Waals surface area contributed by atoms with E-state index < -0.39 is 0 Å². The smallest absolute Gasteiger partial charge is 0.342 e. The Morgan fingerprint density at radius 1 is 1.03 bits per heavy atom. The van der Waals surface area contributed by atoms with Crippen molar-refractivity contribution >= 4 is 17.5 Å². The molecule has 1 atom stereocenters. The van der Waals surface area contributed by atoms with E-state index in [1.807, 2.05) is 47.4 Å². The van der Waals surface area contributed by atoms with Gasteiger partial charge in [-0.3, -0.25) is 9.59 Å². The number of hydrogen-bond acceptors (Lipinski definition) is 4. The number of nitrogens with one attached hydrogen (secondary N) is 2. The van der Waals surface area contributed by atoms with Crippen LogP contribution in [0.25, 0.3) is 16.8 Å². The van der Waals surface area contributed by atoms with Crippen molar-refractivity contribution in [1.82, 2.24) is 19.7 Å². The largest absolute Gasteiger partial charge is 0.347 e. The van der Waals surface area contributed by atoms with Gasteiger partial charge in [0.2, 0.25) is 11.8 Å². The van der Waals surface area contributed by atoms with Crippen molar-refractivity contribution in [2.75, 3.05) is 18.4 Å². The molecule has 1 aliphatic carbocycles. The Morgan fingerprint density at radius 3 is 2.61 bits per heavy atom. The second kappa shape index (κ2) is 7.72. The summed E-state index contributed by atoms with van der Waals surface area (Å²) in [5.74, 6) is 1.56. The number of likely N-dealkylation sites (tertiary alicyclic amines) is 1. The number of carbonyl (C=O) groups is 2. The minimum Gasteiger partial charge on any atom is -0.342 e. The van der Waals surface area contributed by atoms with Crippen LogP contribution in [0.3, 0.4) is 0 Å². The summed E-state index contributed by atoms with van der Waals surface area (Å²) in [6.07, 6.45) is 4.04. The summed E-state index contributed by atoms with van der Waals surface area (Å²) in [6.45, 7) is 1.54. The maximum Gasteiger partial charge on any atom is 0.347 e. The number of aromatic amines is 1. The molecule has 0 radical (unpaired) electrons. The predicted octanol–water partition coefficient (Wildman–Crippen LogP) is 2.52. The fourth-order valence-electron chi connectivity index (χ4n) is 4.99. The summed E-state index contributed by atoms with van der Waals surface area (Å²) in [6, 6.07) is 13.8. The number of benzene rings is 2. The molecule has 1 unspecified atom stereocenters. The van der Waals surface area contributed by atoms with Gasteiger partial charge in [0.1, 0.15) is 5.82 Å². The first-order chi connectivity index (χ1) is 16.0. The number of fused-ring (bicyclic) bond motifs is 1. The van der Waals surface area contributed by atoms with Crippen molar-refractivity contribution in [2.24, 2.45) is 11.8 Å². The Balaban J connectivity index is 1.20. The van der Waals surface area contributed by atoms with E-state index >= 15 is 0 Å². The SMILES string of the molecule is O=C1Cc2cc(-c3ccc(-n4c(CC5CCN(C(=O)C6CC6)C5)n[nH]c4=O)cc3)ccc2N1. The van der Waals surface area contributed by atoms with E-state index in [4.69, 9.17) is 0 Å². The summed E-state index contributed by atoms with van der Waals surface area (Å²) in [5.41, 5.74) is 4.42. The Hall–Kier alpha value is -3.68. The molecule has 3 heterocycles. The predicted molar refractivity (Wildman–Crippen MR) is 123 cm³/mol. The van der Waals surface area contributed by atoms with Crippen LogP contribution in [-0.4, -0.2) is 44.6 Å². The number of carbonyl (C=O) groups excluding carboxylic acids is 2. The maximum atomic E-state index is 12.5. The fourth-order valence-corrected chi connectivity index (χ4v) is 4.99. The molecule has 8 nitrogen and oxygen atoms in total. The van der Waals surface area contributed by atoms with Crippen molar-refractivity contribution in [2.45, 2.75) is 32.1 Å². The number of aromatic nitrogens is 3. The van der Waals surface area contributed by atoms with Gasteiger partial charge in [0, 0.05) is 31.1 Å². The molecule has 1 saturated carbocycles. The van der Waals surface area contributed by atoms with Crippen molar-refractivity contribution < 1.29 is 9.59 Å². The van der Waals surface area contributed by atoms with Gasteiger partial charge in [-0.05, 0) is 66.1 Å². The Morgan fingerprint density at radius 2 is 1.82 bits per heavy atom. The van der Waals surface area contributed by atoms with Crippen molar-refractivity contribution in [3.63, 3.8) is 0 Å². The first kappa shape index (κ1) is 20.0. The maximum absolute atomic E-state index is 12.5. The highest BCUT2D eigenvalue weighted by molar-refractivity contribution is 5.99. The van der Waals surface area contributed by atoms with Crippen molar-refractivity contribution in [3.8, 4) is 16.8 Å². The van der Waals surface area contributed by atoms with E-state index in [9.17, 15) is 14.4 Å². The molecule has 8 heteroatoms. The van der Waals surface area contributed by atoms with Gasteiger partial charge in [-0.25, -0.2) is 14.5 Å². The highest BCUT2D eigenvalue weighted by Crippen LogP contribution is 2.33. The Kier molecular flexibility index (Phi) is 4.67. The zero-order chi connectivity index (χ0) is 22.5. The van der Waals surface area contributed by atoms with Crippen molar-refractivity contribution in [1.29, 1.82) is 0 Å². The number of rotatable bonds is 5. The van der Waals surface area contributed by atoms with Crippen LogP contribution in [0.4, 0.5) is 5.69 Å². The molecular formula is C25H25N5O3. The first-order valence-corrected chi connectivity index (χ1v) is 11.5. The standard InChI is InChI=1S/C25H25N5O3/c31-23-13-19-12-18(5-8-21(19)26-23)16-3-6-20(7-4-16)30-22(27-28-25(30)33)11-15-9-10-29(14-15)24(32)17-1-2-17/h3-8,12,15,17H,1-2,9-11,13-14H2,(H,26,31)(H,28,33). The quantitative estimate of drug-likeness (QED) is 0.633. The minimum atomic E-state index is -0.260. The molecule has 2 aromatic carbocycles. The number of amides is 2.